The molecule has 0 amide bonds. The van der Waals surface area contributed by atoms with Gasteiger partial charge in [-0.3, -0.25) is 0 Å². The Morgan fingerprint density at radius 1 is 1.16 bits per heavy atom. The smallest absolute Gasteiger partial charge is 0.216 e. The van der Waals surface area contributed by atoms with Gasteiger partial charge in [-0.15, -0.1) is 0 Å². The molecule has 0 aliphatic rings. The predicted octanol–water partition coefficient (Wildman–Crippen LogP) is 2.07. The van der Waals surface area contributed by atoms with E-state index in [1.807, 2.05) is 0 Å². The average Bonchev–Trinajstić information content (AvgIpc) is 2.44. The van der Waals surface area contributed by atoms with E-state index in [1.165, 1.54) is 19.5 Å². The second-order valence-corrected chi connectivity index (χ2v) is 3.88. The average molecular weight is 265 g/mol. The van der Waals surface area contributed by atoms with Crippen molar-refractivity contribution in [3.8, 4) is 5.88 Å². The number of ether oxygens (including phenoxy) is 1. The minimum Gasteiger partial charge on any atom is -0.481 e. The quantitative estimate of drug-likeness (QED) is 0.919. The molecule has 6 heteroatoms. The van der Waals surface area contributed by atoms with Gasteiger partial charge >= 0.3 is 0 Å². The summed E-state index contributed by atoms with van der Waals surface area (Å²) in [6, 6.07) is 5.02. The SMILES string of the molecule is CNC(c1ccc(F)c(F)c1)c1cc(OC)ncn1. The molecule has 0 saturated carbocycles. The number of rotatable bonds is 4. The van der Waals surface area contributed by atoms with Crippen LogP contribution in [0.1, 0.15) is 17.3 Å². The zero-order valence-electron chi connectivity index (χ0n) is 10.5. The van der Waals surface area contributed by atoms with Gasteiger partial charge in [0.05, 0.1) is 18.8 Å². The van der Waals surface area contributed by atoms with Crippen LogP contribution >= 0.6 is 0 Å². The molecule has 2 aromatic rings. The Kier molecular flexibility index (Phi) is 4.01. The summed E-state index contributed by atoms with van der Waals surface area (Å²) in [6.07, 6.45) is 1.36. The number of benzene rings is 1. The van der Waals surface area contributed by atoms with Gasteiger partial charge in [-0.2, -0.15) is 0 Å². The summed E-state index contributed by atoms with van der Waals surface area (Å²) < 4.78 is 31.2. The summed E-state index contributed by atoms with van der Waals surface area (Å²) in [5.41, 5.74) is 1.18. The lowest BCUT2D eigenvalue weighted by Gasteiger charge is -2.16. The molecule has 0 saturated heterocycles. The standard InChI is InChI=1S/C13H13F2N3O/c1-16-13(8-3-4-9(14)10(15)5-8)11-6-12(19-2)18-7-17-11/h3-7,13,16H,1-2H3. The first-order chi connectivity index (χ1) is 9.15. The van der Waals surface area contributed by atoms with Crippen molar-refractivity contribution in [1.82, 2.24) is 15.3 Å². The fraction of sp³-hybridized carbons (Fsp3) is 0.231. The Labute approximate surface area is 109 Å². The number of aromatic nitrogens is 2. The summed E-state index contributed by atoms with van der Waals surface area (Å²) >= 11 is 0. The van der Waals surface area contributed by atoms with Crippen molar-refractivity contribution >= 4 is 0 Å². The van der Waals surface area contributed by atoms with Crippen LogP contribution in [0.4, 0.5) is 8.78 Å². The summed E-state index contributed by atoms with van der Waals surface area (Å²) in [5, 5.41) is 3.00. The lowest BCUT2D eigenvalue weighted by atomic mass is 10.0. The van der Waals surface area contributed by atoms with Crippen LogP contribution in [0.25, 0.3) is 0 Å². The van der Waals surface area contributed by atoms with Crippen LogP contribution in [0.3, 0.4) is 0 Å². The molecule has 0 radical (unpaired) electrons. The summed E-state index contributed by atoms with van der Waals surface area (Å²) in [7, 11) is 3.21. The van der Waals surface area contributed by atoms with Gasteiger partial charge in [0, 0.05) is 6.07 Å². The molecule has 1 aromatic heterocycles. The first-order valence-corrected chi connectivity index (χ1v) is 5.64. The molecule has 1 N–H and O–H groups in total. The molecule has 4 nitrogen and oxygen atoms in total. The normalized spacial score (nSPS) is 12.2. The van der Waals surface area contributed by atoms with Crippen molar-refractivity contribution in [2.45, 2.75) is 6.04 Å². The molecule has 1 unspecified atom stereocenters. The predicted molar refractivity (Wildman–Crippen MR) is 65.8 cm³/mol. The number of nitrogens with one attached hydrogen (secondary N) is 1. The van der Waals surface area contributed by atoms with Crippen LogP contribution in [0.15, 0.2) is 30.6 Å². The molecular formula is C13H13F2N3O. The van der Waals surface area contributed by atoms with E-state index in [-0.39, 0.29) is 6.04 Å². The summed E-state index contributed by atoms with van der Waals surface area (Å²) in [5.74, 6) is -1.36. The molecule has 2 rings (SSSR count). The maximum Gasteiger partial charge on any atom is 0.216 e. The van der Waals surface area contributed by atoms with Crippen LogP contribution in [0.2, 0.25) is 0 Å². The van der Waals surface area contributed by atoms with Gasteiger partial charge in [-0.1, -0.05) is 6.07 Å². The van der Waals surface area contributed by atoms with Crippen molar-refractivity contribution < 1.29 is 13.5 Å². The summed E-state index contributed by atoms with van der Waals surface area (Å²) in [6.45, 7) is 0. The molecule has 100 valence electrons. The van der Waals surface area contributed by atoms with Crippen molar-refractivity contribution in [3.63, 3.8) is 0 Å². The van der Waals surface area contributed by atoms with E-state index in [0.717, 1.165) is 12.1 Å². The highest BCUT2D eigenvalue weighted by molar-refractivity contribution is 5.30. The molecule has 0 fully saturated rings. The van der Waals surface area contributed by atoms with Crippen molar-refractivity contribution in [2.24, 2.45) is 0 Å². The number of hydrogen-bond acceptors (Lipinski definition) is 4. The number of nitrogens with zero attached hydrogens (tertiary/aromatic N) is 2. The fourth-order valence-electron chi connectivity index (χ4n) is 1.80. The maximum absolute atomic E-state index is 13.3. The van der Waals surface area contributed by atoms with E-state index in [9.17, 15) is 8.78 Å². The molecule has 0 spiro atoms. The first-order valence-electron chi connectivity index (χ1n) is 5.64. The third-order valence-electron chi connectivity index (χ3n) is 2.73. The van der Waals surface area contributed by atoms with E-state index in [2.05, 4.69) is 15.3 Å². The van der Waals surface area contributed by atoms with Crippen LogP contribution < -0.4 is 10.1 Å². The molecular weight excluding hydrogens is 252 g/mol. The zero-order chi connectivity index (χ0) is 13.8. The lowest BCUT2D eigenvalue weighted by molar-refractivity contribution is 0.395. The highest BCUT2D eigenvalue weighted by Gasteiger charge is 2.16. The van der Waals surface area contributed by atoms with E-state index < -0.39 is 11.6 Å². The van der Waals surface area contributed by atoms with Crippen LogP contribution in [-0.2, 0) is 0 Å². The molecule has 1 heterocycles. The van der Waals surface area contributed by atoms with Gasteiger partial charge < -0.3 is 10.1 Å². The third kappa shape index (κ3) is 2.85. The molecule has 0 aliphatic heterocycles. The van der Waals surface area contributed by atoms with Gasteiger partial charge in [0.1, 0.15) is 6.33 Å². The highest BCUT2D eigenvalue weighted by Crippen LogP contribution is 2.23. The largest absolute Gasteiger partial charge is 0.481 e. The molecule has 0 aliphatic carbocycles. The van der Waals surface area contributed by atoms with Gasteiger partial charge in [0.2, 0.25) is 5.88 Å². The van der Waals surface area contributed by atoms with E-state index in [1.54, 1.807) is 13.1 Å². The topological polar surface area (TPSA) is 47.0 Å². The minimum atomic E-state index is -0.890. The second-order valence-electron chi connectivity index (χ2n) is 3.88. The van der Waals surface area contributed by atoms with Gasteiger partial charge in [-0.05, 0) is 24.7 Å². The molecule has 1 atom stereocenters. The Bertz CT molecular complexity index is 578. The van der Waals surface area contributed by atoms with Gasteiger partial charge in [0.25, 0.3) is 0 Å². The number of hydrogen-bond donors (Lipinski definition) is 1. The molecule has 19 heavy (non-hydrogen) atoms. The van der Waals surface area contributed by atoms with E-state index in [0.29, 0.717) is 17.1 Å². The monoisotopic (exact) mass is 265 g/mol. The molecule has 0 bridgehead atoms. The second kappa shape index (κ2) is 5.71. The number of methoxy groups -OCH3 is 1. The van der Waals surface area contributed by atoms with Crippen LogP contribution in [0, 0.1) is 11.6 Å². The van der Waals surface area contributed by atoms with E-state index in [4.69, 9.17) is 4.74 Å². The summed E-state index contributed by atoms with van der Waals surface area (Å²) in [4.78, 5) is 8.02. The minimum absolute atomic E-state index is 0.369. The highest BCUT2D eigenvalue weighted by atomic mass is 19.2. The van der Waals surface area contributed by atoms with Crippen LogP contribution in [0.5, 0.6) is 5.88 Å². The Morgan fingerprint density at radius 3 is 2.58 bits per heavy atom. The first kappa shape index (κ1) is 13.4. The third-order valence-corrected chi connectivity index (χ3v) is 2.73. The lowest BCUT2D eigenvalue weighted by Crippen LogP contribution is -2.19. The van der Waals surface area contributed by atoms with Crippen LogP contribution in [-0.4, -0.2) is 24.1 Å². The number of halogens is 2. The Hall–Kier alpha value is -2.08. The van der Waals surface area contributed by atoms with Crippen molar-refractivity contribution in [2.75, 3.05) is 14.2 Å². The van der Waals surface area contributed by atoms with Gasteiger partial charge in [-0.25, -0.2) is 18.7 Å². The van der Waals surface area contributed by atoms with Gasteiger partial charge in [0.15, 0.2) is 11.6 Å². The Balaban J connectivity index is 2.40. The van der Waals surface area contributed by atoms with Crippen molar-refractivity contribution in [1.29, 1.82) is 0 Å². The molecule has 1 aromatic carbocycles. The zero-order valence-corrected chi connectivity index (χ0v) is 10.5. The Morgan fingerprint density at radius 2 is 1.95 bits per heavy atom. The fourth-order valence-corrected chi connectivity index (χ4v) is 1.80. The maximum atomic E-state index is 13.3. The van der Waals surface area contributed by atoms with E-state index >= 15 is 0 Å². The van der Waals surface area contributed by atoms with Crippen molar-refractivity contribution in [3.05, 3.63) is 53.5 Å².